The minimum Gasteiger partial charge on any atom is -0.469 e. The molecule has 0 saturated heterocycles. The van der Waals surface area contributed by atoms with Gasteiger partial charge in [-0.25, -0.2) is 8.42 Å². The third-order valence-corrected chi connectivity index (χ3v) is 4.19. The fourth-order valence-electron chi connectivity index (χ4n) is 1.75. The number of hydrogen-bond acceptors (Lipinski definition) is 4. The molecule has 0 fully saturated rings. The first-order chi connectivity index (χ1) is 9.53. The summed E-state index contributed by atoms with van der Waals surface area (Å²) in [6.07, 6.45) is 3.33. The van der Waals surface area contributed by atoms with Crippen molar-refractivity contribution in [1.29, 1.82) is 0 Å². The van der Waals surface area contributed by atoms with Crippen molar-refractivity contribution in [3.8, 4) is 0 Å². The zero-order valence-corrected chi connectivity index (χ0v) is 12.5. The Morgan fingerprint density at radius 3 is 2.40 bits per heavy atom. The van der Waals surface area contributed by atoms with Gasteiger partial charge in [-0.1, -0.05) is 31.0 Å². The summed E-state index contributed by atoms with van der Waals surface area (Å²) in [6, 6.07) is 8.83. The van der Waals surface area contributed by atoms with E-state index in [9.17, 15) is 13.2 Å². The summed E-state index contributed by atoms with van der Waals surface area (Å²) in [5, 5.41) is 0. The average Bonchev–Trinajstić information content (AvgIpc) is 2.43. The second-order valence-corrected chi connectivity index (χ2v) is 6.37. The molecule has 0 aliphatic heterocycles. The highest BCUT2D eigenvalue weighted by Crippen LogP contribution is 2.10. The third kappa shape index (κ3) is 7.13. The highest BCUT2D eigenvalue weighted by atomic mass is 32.2. The van der Waals surface area contributed by atoms with Gasteiger partial charge in [0.15, 0.2) is 0 Å². The van der Waals surface area contributed by atoms with Crippen LogP contribution in [0.4, 0.5) is 5.69 Å². The molecule has 1 aromatic carbocycles. The van der Waals surface area contributed by atoms with E-state index < -0.39 is 10.0 Å². The molecule has 0 atom stereocenters. The minimum absolute atomic E-state index is 0.0973. The van der Waals surface area contributed by atoms with Crippen molar-refractivity contribution in [2.24, 2.45) is 0 Å². The number of hydrogen-bond donors (Lipinski definition) is 1. The summed E-state index contributed by atoms with van der Waals surface area (Å²) >= 11 is 0. The van der Waals surface area contributed by atoms with E-state index in [2.05, 4.69) is 9.46 Å². The Morgan fingerprint density at radius 1 is 1.10 bits per heavy atom. The largest absolute Gasteiger partial charge is 0.469 e. The van der Waals surface area contributed by atoms with E-state index in [4.69, 9.17) is 0 Å². The Kier molecular flexibility index (Phi) is 7.08. The van der Waals surface area contributed by atoms with Crippen LogP contribution >= 0.6 is 0 Å². The maximum absolute atomic E-state index is 11.8. The number of esters is 1. The number of nitrogens with one attached hydrogen (secondary N) is 1. The van der Waals surface area contributed by atoms with Gasteiger partial charge in [0.05, 0.1) is 12.9 Å². The molecular formula is C14H21NO4S. The molecule has 5 nitrogen and oxygen atoms in total. The lowest BCUT2D eigenvalue weighted by molar-refractivity contribution is -0.140. The average molecular weight is 299 g/mol. The molecule has 1 rings (SSSR count). The standard InChI is InChI=1S/C14H21NO4S/c1-19-14(16)11-7-2-3-8-12-20(17,18)15-13-9-5-4-6-10-13/h4-6,9-10,15H,2-3,7-8,11-12H2,1H3. The first kappa shape index (κ1) is 16.5. The third-order valence-electron chi connectivity index (χ3n) is 2.82. The van der Waals surface area contributed by atoms with Gasteiger partial charge in [0.2, 0.25) is 10.0 Å². The molecule has 1 N–H and O–H groups in total. The van der Waals surface area contributed by atoms with Crippen LogP contribution in [0, 0.1) is 0 Å². The second-order valence-electron chi connectivity index (χ2n) is 4.53. The smallest absolute Gasteiger partial charge is 0.305 e. The van der Waals surface area contributed by atoms with E-state index in [1.807, 2.05) is 6.07 Å². The van der Waals surface area contributed by atoms with Crippen LogP contribution in [-0.2, 0) is 19.6 Å². The van der Waals surface area contributed by atoms with Gasteiger partial charge in [-0.3, -0.25) is 9.52 Å². The number of benzene rings is 1. The molecule has 0 bridgehead atoms. The Balaban J connectivity index is 2.19. The quantitative estimate of drug-likeness (QED) is 0.562. The van der Waals surface area contributed by atoms with E-state index in [0.717, 1.165) is 19.3 Å². The highest BCUT2D eigenvalue weighted by Gasteiger charge is 2.09. The number of unbranched alkanes of at least 4 members (excludes halogenated alkanes) is 3. The number of sulfonamides is 1. The molecule has 0 heterocycles. The van der Waals surface area contributed by atoms with Gasteiger partial charge in [-0.15, -0.1) is 0 Å². The van der Waals surface area contributed by atoms with Crippen LogP contribution in [0.5, 0.6) is 0 Å². The maximum atomic E-state index is 11.8. The van der Waals surface area contributed by atoms with Gasteiger partial charge >= 0.3 is 5.97 Å². The first-order valence-electron chi connectivity index (χ1n) is 6.66. The van der Waals surface area contributed by atoms with Crippen molar-refractivity contribution in [2.45, 2.75) is 32.1 Å². The van der Waals surface area contributed by atoms with Gasteiger partial charge in [-0.05, 0) is 25.0 Å². The summed E-state index contributed by atoms with van der Waals surface area (Å²) in [4.78, 5) is 10.9. The van der Waals surface area contributed by atoms with Crippen molar-refractivity contribution in [2.75, 3.05) is 17.6 Å². The van der Waals surface area contributed by atoms with Gasteiger partial charge in [0.1, 0.15) is 0 Å². The molecule has 0 amide bonds. The first-order valence-corrected chi connectivity index (χ1v) is 8.31. The molecule has 1 aromatic rings. The van der Waals surface area contributed by atoms with Crippen LogP contribution in [0.1, 0.15) is 32.1 Å². The molecule has 0 spiro atoms. The lowest BCUT2D eigenvalue weighted by atomic mass is 10.1. The Bertz CT molecular complexity index is 499. The van der Waals surface area contributed by atoms with Gasteiger partial charge in [0, 0.05) is 12.1 Å². The molecule has 0 aliphatic carbocycles. The SMILES string of the molecule is COC(=O)CCCCCCS(=O)(=O)Nc1ccccc1. The predicted molar refractivity (Wildman–Crippen MR) is 79.0 cm³/mol. The van der Waals surface area contributed by atoms with E-state index >= 15 is 0 Å². The molecule has 0 radical (unpaired) electrons. The molecule has 0 unspecified atom stereocenters. The van der Waals surface area contributed by atoms with Crippen molar-refractivity contribution >= 4 is 21.7 Å². The second kappa shape index (κ2) is 8.58. The fourth-order valence-corrected chi connectivity index (χ4v) is 2.94. The maximum Gasteiger partial charge on any atom is 0.305 e. The zero-order valence-electron chi connectivity index (χ0n) is 11.7. The van der Waals surface area contributed by atoms with Crippen LogP contribution in [0.15, 0.2) is 30.3 Å². The number of methoxy groups -OCH3 is 1. The number of rotatable bonds is 9. The number of carbonyl (C=O) groups is 1. The Morgan fingerprint density at radius 2 is 1.75 bits per heavy atom. The molecule has 112 valence electrons. The summed E-state index contributed by atoms with van der Waals surface area (Å²) in [5.41, 5.74) is 0.582. The summed E-state index contributed by atoms with van der Waals surface area (Å²) < 4.78 is 30.7. The van der Waals surface area contributed by atoms with Crippen LogP contribution in [0.3, 0.4) is 0 Å². The lowest BCUT2D eigenvalue weighted by Gasteiger charge is -2.07. The van der Waals surface area contributed by atoms with Crippen molar-refractivity contribution < 1.29 is 17.9 Å². The molecule has 0 saturated carbocycles. The molecule has 0 aliphatic rings. The molecular weight excluding hydrogens is 278 g/mol. The highest BCUT2D eigenvalue weighted by molar-refractivity contribution is 7.92. The van der Waals surface area contributed by atoms with Gasteiger partial charge in [-0.2, -0.15) is 0 Å². The molecule has 6 heteroatoms. The molecule has 20 heavy (non-hydrogen) atoms. The Hall–Kier alpha value is -1.56. The Labute approximate surface area is 120 Å². The van der Waals surface area contributed by atoms with E-state index in [1.54, 1.807) is 24.3 Å². The van der Waals surface area contributed by atoms with Crippen LogP contribution in [0.25, 0.3) is 0 Å². The van der Waals surface area contributed by atoms with Crippen LogP contribution in [-0.4, -0.2) is 27.2 Å². The van der Waals surface area contributed by atoms with Crippen molar-refractivity contribution in [3.05, 3.63) is 30.3 Å². The number of carbonyl (C=O) groups excluding carboxylic acids is 1. The lowest BCUT2D eigenvalue weighted by Crippen LogP contribution is -2.16. The zero-order chi connectivity index (χ0) is 14.8. The molecule has 0 aromatic heterocycles. The minimum atomic E-state index is -3.28. The van der Waals surface area contributed by atoms with Gasteiger partial charge in [0.25, 0.3) is 0 Å². The summed E-state index contributed by atoms with van der Waals surface area (Å²) in [7, 11) is -1.92. The van der Waals surface area contributed by atoms with E-state index in [-0.39, 0.29) is 11.7 Å². The number of ether oxygens (including phenoxy) is 1. The van der Waals surface area contributed by atoms with Crippen LogP contribution in [0.2, 0.25) is 0 Å². The topological polar surface area (TPSA) is 72.5 Å². The summed E-state index contributed by atoms with van der Waals surface area (Å²) in [5.74, 6) is -0.122. The fraction of sp³-hybridized carbons (Fsp3) is 0.500. The summed E-state index contributed by atoms with van der Waals surface area (Å²) in [6.45, 7) is 0. The van der Waals surface area contributed by atoms with E-state index in [0.29, 0.717) is 18.5 Å². The monoisotopic (exact) mass is 299 g/mol. The van der Waals surface area contributed by atoms with Crippen molar-refractivity contribution in [3.63, 3.8) is 0 Å². The number of anilines is 1. The predicted octanol–water partition coefficient (Wildman–Crippen LogP) is 2.55. The van der Waals surface area contributed by atoms with Crippen molar-refractivity contribution in [1.82, 2.24) is 0 Å². The van der Waals surface area contributed by atoms with E-state index in [1.165, 1.54) is 7.11 Å². The van der Waals surface area contributed by atoms with Gasteiger partial charge < -0.3 is 4.74 Å². The normalized spacial score (nSPS) is 11.1. The van der Waals surface area contributed by atoms with Crippen LogP contribution < -0.4 is 4.72 Å². The number of para-hydroxylation sites is 1.